The number of amides is 1. The van der Waals surface area contributed by atoms with E-state index in [-0.39, 0.29) is 12.0 Å². The molecule has 1 aliphatic heterocycles. The van der Waals surface area contributed by atoms with Crippen LogP contribution in [0.2, 0.25) is 0 Å². The summed E-state index contributed by atoms with van der Waals surface area (Å²) in [5.41, 5.74) is 7.04. The van der Waals surface area contributed by atoms with E-state index in [0.29, 0.717) is 23.3 Å². The monoisotopic (exact) mass is 307 g/mol. The second-order valence-corrected chi connectivity index (χ2v) is 5.78. The van der Waals surface area contributed by atoms with Crippen molar-refractivity contribution in [2.24, 2.45) is 5.73 Å². The normalized spacial score (nSPS) is 21.5. The Bertz CT molecular complexity index is 535. The summed E-state index contributed by atoms with van der Waals surface area (Å²) >= 11 is 4.93. The zero-order chi connectivity index (χ0) is 15.4. The number of hydrogen-bond acceptors (Lipinski definition) is 4. The third kappa shape index (κ3) is 4.23. The van der Waals surface area contributed by atoms with E-state index in [2.05, 4.69) is 5.32 Å². The number of nitrogens with zero attached hydrogens (tertiary/aromatic N) is 1. The first-order valence-electron chi connectivity index (χ1n) is 6.99. The number of anilines is 1. The van der Waals surface area contributed by atoms with Crippen LogP contribution in [-0.2, 0) is 9.53 Å². The molecule has 114 valence electrons. The molecule has 1 saturated heterocycles. The number of likely N-dealkylation sites (N-methyl/N-ethyl adjacent to an activating group) is 1. The largest absolute Gasteiger partial charge is 0.389 e. The number of hydrogen-bond donors (Lipinski definition) is 2. The van der Waals surface area contributed by atoms with Crippen molar-refractivity contribution in [2.75, 3.05) is 25.5 Å². The van der Waals surface area contributed by atoms with Crippen LogP contribution in [0.3, 0.4) is 0 Å². The molecule has 1 aliphatic rings. The standard InChI is InChI=1S/C15H21N3O2S/c1-10-13(6-7-20-10)18(2)9-14(19)17-12-5-3-4-11(8-12)15(16)21/h3-5,8,10,13H,6-7,9H2,1-2H3,(H2,16,21)(H,17,19). The molecular formula is C15H21N3O2S. The van der Waals surface area contributed by atoms with E-state index in [9.17, 15) is 4.79 Å². The molecule has 0 aromatic heterocycles. The molecule has 1 amide bonds. The first-order valence-corrected chi connectivity index (χ1v) is 7.40. The fraction of sp³-hybridized carbons (Fsp3) is 0.467. The van der Waals surface area contributed by atoms with Crippen molar-refractivity contribution in [3.8, 4) is 0 Å². The topological polar surface area (TPSA) is 67.6 Å². The summed E-state index contributed by atoms with van der Waals surface area (Å²) in [5.74, 6) is -0.0586. The van der Waals surface area contributed by atoms with Gasteiger partial charge in [-0.25, -0.2) is 0 Å². The summed E-state index contributed by atoms with van der Waals surface area (Å²) in [5, 5.41) is 2.87. The number of nitrogens with one attached hydrogen (secondary N) is 1. The van der Waals surface area contributed by atoms with Crippen molar-refractivity contribution in [1.29, 1.82) is 0 Å². The molecule has 3 N–H and O–H groups in total. The van der Waals surface area contributed by atoms with Gasteiger partial charge in [0.15, 0.2) is 0 Å². The number of benzene rings is 1. The van der Waals surface area contributed by atoms with Crippen LogP contribution < -0.4 is 11.1 Å². The molecule has 0 saturated carbocycles. The highest BCUT2D eigenvalue weighted by molar-refractivity contribution is 7.80. The number of ether oxygens (including phenoxy) is 1. The predicted octanol–water partition coefficient (Wildman–Crippen LogP) is 1.37. The van der Waals surface area contributed by atoms with E-state index in [4.69, 9.17) is 22.7 Å². The van der Waals surface area contributed by atoms with Crippen molar-refractivity contribution in [2.45, 2.75) is 25.5 Å². The lowest BCUT2D eigenvalue weighted by molar-refractivity contribution is -0.117. The second kappa shape index (κ2) is 6.98. The quantitative estimate of drug-likeness (QED) is 0.804. The van der Waals surface area contributed by atoms with E-state index < -0.39 is 0 Å². The third-order valence-corrected chi connectivity index (χ3v) is 3.96. The van der Waals surface area contributed by atoms with E-state index in [1.807, 2.05) is 37.1 Å². The molecule has 2 unspecified atom stereocenters. The van der Waals surface area contributed by atoms with Gasteiger partial charge in [-0.05, 0) is 32.5 Å². The number of thiocarbonyl (C=S) groups is 1. The summed E-state index contributed by atoms with van der Waals surface area (Å²) in [6.45, 7) is 3.13. The van der Waals surface area contributed by atoms with Gasteiger partial charge in [-0.3, -0.25) is 9.69 Å². The maximum Gasteiger partial charge on any atom is 0.238 e. The summed E-state index contributed by atoms with van der Waals surface area (Å²) in [4.78, 5) is 14.5. The van der Waals surface area contributed by atoms with Gasteiger partial charge >= 0.3 is 0 Å². The van der Waals surface area contributed by atoms with Gasteiger partial charge in [-0.2, -0.15) is 0 Å². The molecule has 0 spiro atoms. The summed E-state index contributed by atoms with van der Waals surface area (Å²) in [7, 11) is 1.95. The molecule has 0 aliphatic carbocycles. The van der Waals surface area contributed by atoms with Crippen LogP contribution in [0.4, 0.5) is 5.69 Å². The predicted molar refractivity (Wildman–Crippen MR) is 87.4 cm³/mol. The maximum atomic E-state index is 12.1. The highest BCUT2D eigenvalue weighted by Crippen LogP contribution is 2.18. The molecule has 1 heterocycles. The number of carbonyl (C=O) groups is 1. The fourth-order valence-electron chi connectivity index (χ4n) is 2.59. The zero-order valence-electron chi connectivity index (χ0n) is 12.3. The average molecular weight is 307 g/mol. The lowest BCUT2D eigenvalue weighted by atomic mass is 10.1. The van der Waals surface area contributed by atoms with Crippen molar-refractivity contribution >= 4 is 28.8 Å². The van der Waals surface area contributed by atoms with Crippen molar-refractivity contribution in [1.82, 2.24) is 4.90 Å². The van der Waals surface area contributed by atoms with E-state index in [1.54, 1.807) is 6.07 Å². The van der Waals surface area contributed by atoms with Crippen molar-refractivity contribution in [3.63, 3.8) is 0 Å². The van der Waals surface area contributed by atoms with Crippen LogP contribution in [0.5, 0.6) is 0 Å². The van der Waals surface area contributed by atoms with Crippen molar-refractivity contribution in [3.05, 3.63) is 29.8 Å². The van der Waals surface area contributed by atoms with Crippen LogP contribution >= 0.6 is 12.2 Å². The number of carbonyl (C=O) groups excluding carboxylic acids is 1. The Hall–Kier alpha value is -1.50. The van der Waals surface area contributed by atoms with Gasteiger partial charge in [0, 0.05) is 23.9 Å². The molecule has 2 atom stereocenters. The zero-order valence-corrected chi connectivity index (χ0v) is 13.2. The van der Waals surface area contributed by atoms with Crippen molar-refractivity contribution < 1.29 is 9.53 Å². The average Bonchev–Trinajstić information content (AvgIpc) is 2.85. The van der Waals surface area contributed by atoms with Gasteiger partial charge in [-0.1, -0.05) is 24.4 Å². The smallest absolute Gasteiger partial charge is 0.238 e. The molecule has 5 nitrogen and oxygen atoms in total. The Kier molecular flexibility index (Phi) is 5.27. The Morgan fingerprint density at radius 2 is 2.33 bits per heavy atom. The number of rotatable bonds is 5. The molecule has 1 fully saturated rings. The Balaban J connectivity index is 1.92. The minimum absolute atomic E-state index is 0.0586. The summed E-state index contributed by atoms with van der Waals surface area (Å²) in [6.07, 6.45) is 1.13. The summed E-state index contributed by atoms with van der Waals surface area (Å²) in [6, 6.07) is 7.53. The van der Waals surface area contributed by atoms with Crippen LogP contribution in [0.15, 0.2) is 24.3 Å². The van der Waals surface area contributed by atoms with Gasteiger partial charge in [0.1, 0.15) is 4.99 Å². The molecule has 0 bridgehead atoms. The molecule has 1 aromatic rings. The molecule has 21 heavy (non-hydrogen) atoms. The number of nitrogens with two attached hydrogens (primary N) is 1. The van der Waals surface area contributed by atoms with E-state index in [0.717, 1.165) is 18.6 Å². The van der Waals surface area contributed by atoms with Crippen LogP contribution in [0.25, 0.3) is 0 Å². The molecule has 2 rings (SSSR count). The van der Waals surface area contributed by atoms with Gasteiger partial charge < -0.3 is 15.8 Å². The SMILES string of the molecule is CC1OCCC1N(C)CC(=O)Nc1cccc(C(N)=S)c1. The Labute approximate surface area is 130 Å². The first-order chi connectivity index (χ1) is 9.97. The van der Waals surface area contributed by atoms with Gasteiger partial charge in [-0.15, -0.1) is 0 Å². The minimum atomic E-state index is -0.0586. The molecular weight excluding hydrogens is 286 g/mol. The highest BCUT2D eigenvalue weighted by Gasteiger charge is 2.28. The first kappa shape index (κ1) is 15.9. The van der Waals surface area contributed by atoms with Gasteiger partial charge in [0.25, 0.3) is 0 Å². The highest BCUT2D eigenvalue weighted by atomic mass is 32.1. The Morgan fingerprint density at radius 1 is 1.57 bits per heavy atom. The minimum Gasteiger partial charge on any atom is -0.389 e. The fourth-order valence-corrected chi connectivity index (χ4v) is 2.72. The third-order valence-electron chi connectivity index (χ3n) is 3.73. The van der Waals surface area contributed by atoms with E-state index in [1.165, 1.54) is 0 Å². The second-order valence-electron chi connectivity index (χ2n) is 5.34. The lowest BCUT2D eigenvalue weighted by Gasteiger charge is -2.25. The lowest BCUT2D eigenvalue weighted by Crippen LogP contribution is -2.41. The molecule has 6 heteroatoms. The maximum absolute atomic E-state index is 12.1. The Morgan fingerprint density at radius 3 is 2.95 bits per heavy atom. The summed E-state index contributed by atoms with van der Waals surface area (Å²) < 4.78 is 5.53. The van der Waals surface area contributed by atoms with Crippen LogP contribution in [0.1, 0.15) is 18.9 Å². The molecule has 1 aromatic carbocycles. The van der Waals surface area contributed by atoms with Gasteiger partial charge in [0.2, 0.25) is 5.91 Å². The van der Waals surface area contributed by atoms with Crippen LogP contribution in [-0.4, -0.2) is 48.1 Å². The molecule has 0 radical (unpaired) electrons. The van der Waals surface area contributed by atoms with E-state index >= 15 is 0 Å². The van der Waals surface area contributed by atoms with Gasteiger partial charge in [0.05, 0.1) is 12.6 Å². The van der Waals surface area contributed by atoms with Crippen LogP contribution in [0, 0.1) is 0 Å².